The van der Waals surface area contributed by atoms with Gasteiger partial charge in [0.15, 0.2) is 0 Å². The molecule has 1 unspecified atom stereocenters. The van der Waals surface area contributed by atoms with Crippen molar-refractivity contribution in [2.75, 3.05) is 32.7 Å². The SMILES string of the molecule is CCN(CC)CCNC(CN)c1ccc(C)c(C)c1. The van der Waals surface area contributed by atoms with Gasteiger partial charge in [0.25, 0.3) is 0 Å². The Balaban J connectivity index is 2.55. The molecule has 0 saturated carbocycles. The van der Waals surface area contributed by atoms with Gasteiger partial charge >= 0.3 is 0 Å². The van der Waals surface area contributed by atoms with Crippen LogP contribution in [0.25, 0.3) is 0 Å². The maximum atomic E-state index is 5.90. The van der Waals surface area contributed by atoms with Crippen LogP contribution in [-0.4, -0.2) is 37.6 Å². The molecule has 1 aromatic carbocycles. The van der Waals surface area contributed by atoms with Crippen LogP contribution in [0.4, 0.5) is 0 Å². The first-order valence-corrected chi connectivity index (χ1v) is 7.35. The van der Waals surface area contributed by atoms with Crippen LogP contribution in [-0.2, 0) is 0 Å². The van der Waals surface area contributed by atoms with E-state index in [4.69, 9.17) is 5.73 Å². The Morgan fingerprint density at radius 2 is 1.84 bits per heavy atom. The standard InChI is InChI=1S/C16H29N3/c1-5-19(6-2)10-9-18-16(12-17)15-8-7-13(3)14(4)11-15/h7-8,11,16,18H,5-6,9-10,12,17H2,1-4H3. The molecule has 1 atom stereocenters. The van der Waals surface area contributed by atoms with Gasteiger partial charge in [-0.1, -0.05) is 32.0 Å². The Morgan fingerprint density at radius 1 is 1.16 bits per heavy atom. The average Bonchev–Trinajstić information content (AvgIpc) is 2.42. The molecule has 0 heterocycles. The molecular weight excluding hydrogens is 234 g/mol. The lowest BCUT2D eigenvalue weighted by atomic mass is 10.0. The molecule has 0 bridgehead atoms. The Kier molecular flexibility index (Phi) is 7.06. The van der Waals surface area contributed by atoms with Crippen LogP contribution in [0.5, 0.6) is 0 Å². The Morgan fingerprint density at radius 3 is 2.37 bits per heavy atom. The summed E-state index contributed by atoms with van der Waals surface area (Å²) in [6.45, 7) is 13.6. The first-order chi connectivity index (χ1) is 9.12. The number of likely N-dealkylation sites (N-methyl/N-ethyl adjacent to an activating group) is 1. The maximum absolute atomic E-state index is 5.90. The molecule has 0 radical (unpaired) electrons. The second-order valence-corrected chi connectivity index (χ2v) is 5.11. The van der Waals surface area contributed by atoms with Crippen LogP contribution in [0, 0.1) is 13.8 Å². The molecule has 1 rings (SSSR count). The van der Waals surface area contributed by atoms with Crippen molar-refractivity contribution >= 4 is 0 Å². The molecule has 0 aromatic heterocycles. The first-order valence-electron chi connectivity index (χ1n) is 7.35. The van der Waals surface area contributed by atoms with Crippen molar-refractivity contribution in [3.63, 3.8) is 0 Å². The Hall–Kier alpha value is -0.900. The molecule has 19 heavy (non-hydrogen) atoms. The fourth-order valence-corrected chi connectivity index (χ4v) is 2.26. The molecule has 3 heteroatoms. The third kappa shape index (κ3) is 4.94. The van der Waals surface area contributed by atoms with Crippen molar-refractivity contribution in [1.29, 1.82) is 0 Å². The van der Waals surface area contributed by atoms with E-state index in [1.54, 1.807) is 0 Å². The second kappa shape index (κ2) is 8.31. The number of hydrogen-bond donors (Lipinski definition) is 2. The van der Waals surface area contributed by atoms with Crippen molar-refractivity contribution in [3.8, 4) is 0 Å². The smallest absolute Gasteiger partial charge is 0.0445 e. The van der Waals surface area contributed by atoms with E-state index >= 15 is 0 Å². The lowest BCUT2D eigenvalue weighted by Gasteiger charge is -2.22. The fourth-order valence-electron chi connectivity index (χ4n) is 2.26. The van der Waals surface area contributed by atoms with E-state index < -0.39 is 0 Å². The number of nitrogens with one attached hydrogen (secondary N) is 1. The van der Waals surface area contributed by atoms with Crippen LogP contribution in [0.3, 0.4) is 0 Å². The number of nitrogens with two attached hydrogens (primary N) is 1. The van der Waals surface area contributed by atoms with E-state index in [2.05, 4.69) is 56.1 Å². The van der Waals surface area contributed by atoms with Crippen molar-refractivity contribution in [1.82, 2.24) is 10.2 Å². The highest BCUT2D eigenvalue weighted by atomic mass is 15.1. The van der Waals surface area contributed by atoms with E-state index in [9.17, 15) is 0 Å². The lowest BCUT2D eigenvalue weighted by molar-refractivity contribution is 0.297. The topological polar surface area (TPSA) is 41.3 Å². The maximum Gasteiger partial charge on any atom is 0.0445 e. The molecular formula is C16H29N3. The van der Waals surface area contributed by atoms with Crippen molar-refractivity contribution < 1.29 is 0 Å². The van der Waals surface area contributed by atoms with Crippen molar-refractivity contribution in [3.05, 3.63) is 34.9 Å². The number of nitrogens with zero attached hydrogens (tertiary/aromatic N) is 1. The van der Waals surface area contributed by atoms with Gasteiger partial charge < -0.3 is 16.0 Å². The van der Waals surface area contributed by atoms with Gasteiger partial charge in [-0.25, -0.2) is 0 Å². The summed E-state index contributed by atoms with van der Waals surface area (Å²) in [5.41, 5.74) is 9.87. The molecule has 0 spiro atoms. The molecule has 0 fully saturated rings. The third-order valence-electron chi connectivity index (χ3n) is 3.88. The zero-order valence-electron chi connectivity index (χ0n) is 12.9. The minimum atomic E-state index is 0.259. The van der Waals surface area contributed by atoms with Gasteiger partial charge in [-0.05, 0) is 43.6 Å². The molecule has 0 saturated heterocycles. The first kappa shape index (κ1) is 16.2. The normalized spacial score (nSPS) is 12.9. The molecule has 1 aromatic rings. The quantitative estimate of drug-likeness (QED) is 0.756. The van der Waals surface area contributed by atoms with Crippen LogP contribution >= 0.6 is 0 Å². The largest absolute Gasteiger partial charge is 0.329 e. The van der Waals surface area contributed by atoms with Crippen molar-refractivity contribution in [2.24, 2.45) is 5.73 Å². The summed E-state index contributed by atoms with van der Waals surface area (Å²) >= 11 is 0. The minimum absolute atomic E-state index is 0.259. The predicted molar refractivity (Wildman–Crippen MR) is 83.5 cm³/mol. The lowest BCUT2D eigenvalue weighted by Crippen LogP contribution is -2.36. The summed E-state index contributed by atoms with van der Waals surface area (Å²) in [4.78, 5) is 2.42. The summed E-state index contributed by atoms with van der Waals surface area (Å²) in [6.07, 6.45) is 0. The molecule has 0 aliphatic rings. The van der Waals surface area contributed by atoms with E-state index in [-0.39, 0.29) is 6.04 Å². The average molecular weight is 263 g/mol. The zero-order valence-corrected chi connectivity index (χ0v) is 12.9. The summed E-state index contributed by atoms with van der Waals surface area (Å²) in [5.74, 6) is 0. The summed E-state index contributed by atoms with van der Waals surface area (Å²) in [5, 5.41) is 3.56. The van der Waals surface area contributed by atoms with E-state index in [0.29, 0.717) is 6.54 Å². The fraction of sp³-hybridized carbons (Fsp3) is 0.625. The highest BCUT2D eigenvalue weighted by molar-refractivity contribution is 5.31. The Labute approximate surface area is 118 Å². The number of rotatable bonds is 8. The van der Waals surface area contributed by atoms with Crippen LogP contribution in [0.2, 0.25) is 0 Å². The van der Waals surface area contributed by atoms with Gasteiger partial charge in [-0.3, -0.25) is 0 Å². The third-order valence-corrected chi connectivity index (χ3v) is 3.88. The summed E-state index contributed by atoms with van der Waals surface area (Å²) in [7, 11) is 0. The Bertz CT molecular complexity index is 372. The molecule has 0 aliphatic heterocycles. The molecule has 3 nitrogen and oxygen atoms in total. The monoisotopic (exact) mass is 263 g/mol. The molecule has 0 aliphatic carbocycles. The van der Waals surface area contributed by atoms with Gasteiger partial charge in [0.05, 0.1) is 0 Å². The van der Waals surface area contributed by atoms with Gasteiger partial charge in [0, 0.05) is 25.7 Å². The summed E-state index contributed by atoms with van der Waals surface area (Å²) in [6, 6.07) is 6.87. The molecule has 3 N–H and O–H groups in total. The molecule has 0 amide bonds. The number of aryl methyl sites for hydroxylation is 2. The van der Waals surface area contributed by atoms with Crippen LogP contribution < -0.4 is 11.1 Å². The minimum Gasteiger partial charge on any atom is -0.329 e. The van der Waals surface area contributed by atoms with E-state index in [1.165, 1.54) is 16.7 Å². The number of hydrogen-bond acceptors (Lipinski definition) is 3. The second-order valence-electron chi connectivity index (χ2n) is 5.11. The predicted octanol–water partition coefficient (Wildman–Crippen LogP) is 2.23. The highest BCUT2D eigenvalue weighted by Crippen LogP contribution is 2.16. The van der Waals surface area contributed by atoms with Crippen LogP contribution in [0.1, 0.15) is 36.6 Å². The van der Waals surface area contributed by atoms with Gasteiger partial charge in [-0.15, -0.1) is 0 Å². The summed E-state index contributed by atoms with van der Waals surface area (Å²) < 4.78 is 0. The van der Waals surface area contributed by atoms with Gasteiger partial charge in [0.2, 0.25) is 0 Å². The zero-order chi connectivity index (χ0) is 14.3. The highest BCUT2D eigenvalue weighted by Gasteiger charge is 2.10. The van der Waals surface area contributed by atoms with Crippen molar-refractivity contribution in [2.45, 2.75) is 33.7 Å². The number of benzene rings is 1. The van der Waals surface area contributed by atoms with Gasteiger partial charge in [0.1, 0.15) is 0 Å². The van der Waals surface area contributed by atoms with E-state index in [0.717, 1.165) is 26.2 Å². The molecule has 108 valence electrons. The van der Waals surface area contributed by atoms with Gasteiger partial charge in [-0.2, -0.15) is 0 Å². The van der Waals surface area contributed by atoms with Crippen LogP contribution in [0.15, 0.2) is 18.2 Å². The van der Waals surface area contributed by atoms with E-state index in [1.807, 2.05) is 0 Å².